The smallest absolute Gasteiger partial charge is 0.294 e. The van der Waals surface area contributed by atoms with Crippen LogP contribution in [0, 0.1) is 0 Å². The average molecular weight is 304 g/mol. The van der Waals surface area contributed by atoms with Gasteiger partial charge in [-0.15, -0.1) is 0 Å². The van der Waals surface area contributed by atoms with Crippen molar-refractivity contribution in [2.24, 2.45) is 0 Å². The minimum Gasteiger partial charge on any atom is -0.351 e. The summed E-state index contributed by atoms with van der Waals surface area (Å²) in [6.45, 7) is 0. The van der Waals surface area contributed by atoms with Crippen molar-refractivity contribution in [2.45, 2.75) is 0 Å². The van der Waals surface area contributed by atoms with E-state index in [4.69, 9.17) is 4.52 Å². The van der Waals surface area contributed by atoms with Crippen LogP contribution in [0.25, 0.3) is 22.4 Å². The third-order valence-corrected chi connectivity index (χ3v) is 3.45. The van der Waals surface area contributed by atoms with Gasteiger partial charge in [0.25, 0.3) is 5.91 Å². The lowest BCUT2D eigenvalue weighted by molar-refractivity contribution is 0.0988. The Morgan fingerprint density at radius 2 is 1.96 bits per heavy atom. The van der Waals surface area contributed by atoms with Gasteiger partial charge < -0.3 is 14.8 Å². The SMILES string of the molecule is O=C(Nc1ccc2nc(-c3ccccc3)[nH]c2c1)c1ccno1. The van der Waals surface area contributed by atoms with Gasteiger partial charge in [0.2, 0.25) is 5.76 Å². The van der Waals surface area contributed by atoms with Crippen LogP contribution in [-0.2, 0) is 0 Å². The molecule has 2 heterocycles. The highest BCUT2D eigenvalue weighted by Crippen LogP contribution is 2.23. The van der Waals surface area contributed by atoms with E-state index in [1.165, 1.54) is 12.3 Å². The lowest BCUT2D eigenvalue weighted by Gasteiger charge is -2.01. The quantitative estimate of drug-likeness (QED) is 0.607. The zero-order chi connectivity index (χ0) is 15.6. The molecule has 4 rings (SSSR count). The highest BCUT2D eigenvalue weighted by atomic mass is 16.5. The number of carbonyl (C=O) groups excluding carboxylic acids is 1. The molecule has 0 aliphatic carbocycles. The topological polar surface area (TPSA) is 83.8 Å². The molecule has 0 radical (unpaired) electrons. The van der Waals surface area contributed by atoms with Crippen molar-refractivity contribution < 1.29 is 9.32 Å². The van der Waals surface area contributed by atoms with E-state index in [0.717, 1.165) is 22.4 Å². The van der Waals surface area contributed by atoms with E-state index in [1.54, 1.807) is 6.07 Å². The normalized spacial score (nSPS) is 10.8. The van der Waals surface area contributed by atoms with Gasteiger partial charge in [0.1, 0.15) is 5.82 Å². The molecule has 0 saturated carbocycles. The number of anilines is 1. The molecule has 6 heteroatoms. The molecule has 0 saturated heterocycles. The Morgan fingerprint density at radius 3 is 2.74 bits per heavy atom. The van der Waals surface area contributed by atoms with Crippen molar-refractivity contribution in [3.8, 4) is 11.4 Å². The van der Waals surface area contributed by atoms with Gasteiger partial charge in [0.05, 0.1) is 17.2 Å². The Morgan fingerprint density at radius 1 is 1.09 bits per heavy atom. The molecule has 2 aromatic heterocycles. The number of carbonyl (C=O) groups is 1. The van der Waals surface area contributed by atoms with Crippen LogP contribution in [0.3, 0.4) is 0 Å². The standard InChI is InChI=1S/C17H12N4O2/c22-17(15-8-9-18-23-15)19-12-6-7-13-14(10-12)21-16(20-13)11-4-2-1-3-5-11/h1-10H,(H,19,22)(H,20,21). The first kappa shape index (κ1) is 13.3. The van der Waals surface area contributed by atoms with Crippen LogP contribution in [0.4, 0.5) is 5.69 Å². The predicted octanol–water partition coefficient (Wildman–Crippen LogP) is 3.47. The summed E-state index contributed by atoms with van der Waals surface area (Å²) in [7, 11) is 0. The number of hydrogen-bond acceptors (Lipinski definition) is 4. The summed E-state index contributed by atoms with van der Waals surface area (Å²) in [5.41, 5.74) is 3.35. The number of hydrogen-bond donors (Lipinski definition) is 2. The minimum atomic E-state index is -0.343. The number of fused-ring (bicyclic) bond motifs is 1. The molecule has 0 bridgehead atoms. The number of imidazole rings is 1. The van der Waals surface area contributed by atoms with E-state index in [0.29, 0.717) is 5.69 Å². The highest BCUT2D eigenvalue weighted by Gasteiger charge is 2.11. The molecule has 0 unspecified atom stereocenters. The first-order valence-electron chi connectivity index (χ1n) is 7.07. The predicted molar refractivity (Wildman–Crippen MR) is 86.0 cm³/mol. The van der Waals surface area contributed by atoms with Gasteiger partial charge in [0, 0.05) is 17.3 Å². The molecular formula is C17H12N4O2. The Balaban J connectivity index is 1.64. The van der Waals surface area contributed by atoms with Crippen molar-refractivity contribution in [3.05, 3.63) is 66.6 Å². The summed E-state index contributed by atoms with van der Waals surface area (Å²) >= 11 is 0. The second kappa shape index (κ2) is 5.42. The summed E-state index contributed by atoms with van der Waals surface area (Å²) in [4.78, 5) is 19.8. The highest BCUT2D eigenvalue weighted by molar-refractivity contribution is 6.03. The van der Waals surface area contributed by atoms with Gasteiger partial charge in [0.15, 0.2) is 0 Å². The lowest BCUT2D eigenvalue weighted by Crippen LogP contribution is -2.10. The average Bonchev–Trinajstić information content (AvgIpc) is 3.25. The molecule has 1 amide bonds. The maximum absolute atomic E-state index is 12.0. The summed E-state index contributed by atoms with van der Waals surface area (Å²) in [5.74, 6) is 0.614. The van der Waals surface area contributed by atoms with Crippen LogP contribution >= 0.6 is 0 Å². The van der Waals surface area contributed by atoms with Crippen LogP contribution < -0.4 is 5.32 Å². The minimum absolute atomic E-state index is 0.166. The summed E-state index contributed by atoms with van der Waals surface area (Å²) in [6, 6.07) is 16.9. The summed E-state index contributed by atoms with van der Waals surface area (Å²) in [5, 5.41) is 6.28. The first-order valence-corrected chi connectivity index (χ1v) is 7.07. The van der Waals surface area contributed by atoms with E-state index in [1.807, 2.05) is 42.5 Å². The largest absolute Gasteiger partial charge is 0.351 e. The van der Waals surface area contributed by atoms with E-state index >= 15 is 0 Å². The molecule has 0 spiro atoms. The maximum atomic E-state index is 12.0. The zero-order valence-electron chi connectivity index (χ0n) is 12.0. The molecule has 0 atom stereocenters. The summed E-state index contributed by atoms with van der Waals surface area (Å²) < 4.78 is 4.83. The Labute approximate surface area is 131 Å². The van der Waals surface area contributed by atoms with Crippen molar-refractivity contribution in [2.75, 3.05) is 5.32 Å². The fourth-order valence-corrected chi connectivity index (χ4v) is 2.35. The van der Waals surface area contributed by atoms with Gasteiger partial charge in [-0.05, 0) is 18.2 Å². The van der Waals surface area contributed by atoms with Crippen molar-refractivity contribution in [1.82, 2.24) is 15.1 Å². The zero-order valence-corrected chi connectivity index (χ0v) is 12.0. The molecule has 0 aliphatic rings. The molecule has 2 aromatic carbocycles. The van der Waals surface area contributed by atoms with Gasteiger partial charge in [-0.3, -0.25) is 4.79 Å². The van der Waals surface area contributed by atoms with E-state index < -0.39 is 0 Å². The Kier molecular flexibility index (Phi) is 3.12. The van der Waals surface area contributed by atoms with Crippen molar-refractivity contribution in [1.29, 1.82) is 0 Å². The number of aromatic nitrogens is 3. The Bertz CT molecular complexity index is 959. The number of benzene rings is 2. The van der Waals surface area contributed by atoms with Crippen LogP contribution in [0.2, 0.25) is 0 Å². The van der Waals surface area contributed by atoms with Crippen LogP contribution in [-0.4, -0.2) is 21.0 Å². The number of nitrogens with zero attached hydrogens (tertiary/aromatic N) is 2. The lowest BCUT2D eigenvalue weighted by atomic mass is 10.2. The molecular weight excluding hydrogens is 292 g/mol. The molecule has 0 fully saturated rings. The van der Waals surface area contributed by atoms with Gasteiger partial charge in [-0.2, -0.15) is 0 Å². The van der Waals surface area contributed by atoms with E-state index in [2.05, 4.69) is 20.4 Å². The van der Waals surface area contributed by atoms with Crippen molar-refractivity contribution in [3.63, 3.8) is 0 Å². The number of rotatable bonds is 3. The number of H-pyrrole nitrogens is 1. The maximum Gasteiger partial charge on any atom is 0.294 e. The van der Waals surface area contributed by atoms with Gasteiger partial charge in [-0.25, -0.2) is 4.98 Å². The van der Waals surface area contributed by atoms with Gasteiger partial charge in [-0.1, -0.05) is 35.5 Å². The monoisotopic (exact) mass is 304 g/mol. The number of nitrogens with one attached hydrogen (secondary N) is 2. The second-order valence-electron chi connectivity index (χ2n) is 5.01. The third-order valence-electron chi connectivity index (χ3n) is 3.45. The third kappa shape index (κ3) is 2.57. The molecule has 6 nitrogen and oxygen atoms in total. The van der Waals surface area contributed by atoms with E-state index in [9.17, 15) is 4.79 Å². The Hall–Kier alpha value is -3.41. The van der Waals surface area contributed by atoms with Gasteiger partial charge >= 0.3 is 0 Å². The second-order valence-corrected chi connectivity index (χ2v) is 5.01. The number of amides is 1. The molecule has 0 aliphatic heterocycles. The van der Waals surface area contributed by atoms with Crippen LogP contribution in [0.15, 0.2) is 65.3 Å². The molecule has 23 heavy (non-hydrogen) atoms. The molecule has 2 N–H and O–H groups in total. The van der Waals surface area contributed by atoms with Crippen molar-refractivity contribution >= 4 is 22.6 Å². The van der Waals surface area contributed by atoms with Crippen LogP contribution in [0.1, 0.15) is 10.6 Å². The van der Waals surface area contributed by atoms with Crippen LogP contribution in [0.5, 0.6) is 0 Å². The number of aromatic amines is 1. The fourth-order valence-electron chi connectivity index (χ4n) is 2.35. The first-order chi connectivity index (χ1) is 11.3. The van der Waals surface area contributed by atoms with E-state index in [-0.39, 0.29) is 11.7 Å². The fraction of sp³-hybridized carbons (Fsp3) is 0. The molecule has 4 aromatic rings. The summed E-state index contributed by atoms with van der Waals surface area (Å²) in [6.07, 6.45) is 1.43. The molecule has 112 valence electrons.